The highest BCUT2D eigenvalue weighted by Crippen LogP contribution is 2.47. The molecule has 3 atom stereocenters. The quantitative estimate of drug-likeness (QED) is 0.479. The molecule has 0 amide bonds. The van der Waals surface area contributed by atoms with Gasteiger partial charge in [0, 0.05) is 5.92 Å². The van der Waals surface area contributed by atoms with Gasteiger partial charge in [0.05, 0.1) is 34.0 Å². The van der Waals surface area contributed by atoms with Crippen molar-refractivity contribution in [3.05, 3.63) is 47.0 Å². The van der Waals surface area contributed by atoms with Crippen molar-refractivity contribution in [2.75, 3.05) is 27.9 Å². The molecule has 5 heteroatoms. The molecular formula is C25H34O5. The lowest BCUT2D eigenvalue weighted by atomic mass is 9.81. The van der Waals surface area contributed by atoms with Gasteiger partial charge in [0.1, 0.15) is 6.10 Å². The second-order valence-corrected chi connectivity index (χ2v) is 7.68. The van der Waals surface area contributed by atoms with Crippen LogP contribution in [0.25, 0.3) is 0 Å². The van der Waals surface area contributed by atoms with Crippen LogP contribution in [0.3, 0.4) is 0 Å². The minimum atomic E-state index is -0.211. The number of rotatable bonds is 9. The number of fused-ring (bicyclic) bond motifs is 1. The van der Waals surface area contributed by atoms with Crippen molar-refractivity contribution in [3.63, 3.8) is 0 Å². The molecule has 0 saturated heterocycles. The molecule has 5 nitrogen and oxygen atoms in total. The van der Waals surface area contributed by atoms with Crippen molar-refractivity contribution in [1.29, 1.82) is 0 Å². The Morgan fingerprint density at radius 1 is 0.833 bits per heavy atom. The zero-order valence-corrected chi connectivity index (χ0v) is 19.0. The molecule has 0 saturated carbocycles. The van der Waals surface area contributed by atoms with Crippen molar-refractivity contribution >= 4 is 0 Å². The SMILES string of the molecule is CCCCOc1cc2c(cc1OC)C(CC)C(C)OC2c1ccc(OC)c(OC)c1. The lowest BCUT2D eigenvalue weighted by Gasteiger charge is -2.37. The van der Waals surface area contributed by atoms with E-state index in [9.17, 15) is 0 Å². The molecule has 3 unspecified atom stereocenters. The average molecular weight is 415 g/mol. The molecule has 0 fully saturated rings. The van der Waals surface area contributed by atoms with Gasteiger partial charge in [0.15, 0.2) is 23.0 Å². The average Bonchev–Trinajstić information content (AvgIpc) is 2.77. The van der Waals surface area contributed by atoms with E-state index in [0.29, 0.717) is 24.0 Å². The van der Waals surface area contributed by atoms with Crippen LogP contribution < -0.4 is 18.9 Å². The van der Waals surface area contributed by atoms with E-state index in [1.807, 2.05) is 18.2 Å². The van der Waals surface area contributed by atoms with Crippen LogP contribution in [0.4, 0.5) is 0 Å². The summed E-state index contributed by atoms with van der Waals surface area (Å²) in [5.74, 6) is 3.25. The van der Waals surface area contributed by atoms with Crippen LogP contribution in [0.1, 0.15) is 68.7 Å². The van der Waals surface area contributed by atoms with Crippen molar-refractivity contribution < 1.29 is 23.7 Å². The Morgan fingerprint density at radius 2 is 1.50 bits per heavy atom. The summed E-state index contributed by atoms with van der Waals surface area (Å²) in [6.07, 6.45) is 2.95. The molecule has 0 N–H and O–H groups in total. The van der Waals surface area contributed by atoms with Crippen molar-refractivity contribution in [3.8, 4) is 23.0 Å². The number of benzene rings is 2. The summed E-state index contributed by atoms with van der Waals surface area (Å²) in [6.45, 7) is 7.16. The smallest absolute Gasteiger partial charge is 0.161 e. The molecule has 0 aromatic heterocycles. The van der Waals surface area contributed by atoms with Gasteiger partial charge in [-0.15, -0.1) is 0 Å². The highest BCUT2D eigenvalue weighted by atomic mass is 16.5. The normalized spacial score (nSPS) is 20.4. The van der Waals surface area contributed by atoms with Crippen LogP contribution in [-0.2, 0) is 4.74 Å². The van der Waals surface area contributed by atoms with Gasteiger partial charge < -0.3 is 23.7 Å². The zero-order valence-electron chi connectivity index (χ0n) is 19.0. The molecule has 0 aliphatic carbocycles. The Balaban J connectivity index is 2.10. The largest absolute Gasteiger partial charge is 0.493 e. The third-order valence-corrected chi connectivity index (χ3v) is 5.87. The Hall–Kier alpha value is -2.40. The number of hydrogen-bond acceptors (Lipinski definition) is 5. The predicted molar refractivity (Wildman–Crippen MR) is 118 cm³/mol. The summed E-state index contributed by atoms with van der Waals surface area (Å²) < 4.78 is 29.2. The van der Waals surface area contributed by atoms with Gasteiger partial charge in [0.25, 0.3) is 0 Å². The Labute approximate surface area is 180 Å². The summed E-state index contributed by atoms with van der Waals surface area (Å²) in [7, 11) is 4.99. The minimum absolute atomic E-state index is 0.0807. The molecule has 30 heavy (non-hydrogen) atoms. The summed E-state index contributed by atoms with van der Waals surface area (Å²) in [5, 5.41) is 0. The van der Waals surface area contributed by atoms with E-state index in [0.717, 1.165) is 41.9 Å². The number of ether oxygens (including phenoxy) is 5. The van der Waals surface area contributed by atoms with E-state index >= 15 is 0 Å². The van der Waals surface area contributed by atoms with E-state index in [1.54, 1.807) is 21.3 Å². The molecule has 0 spiro atoms. The van der Waals surface area contributed by atoms with Crippen molar-refractivity contribution in [2.45, 2.75) is 58.2 Å². The first-order chi connectivity index (χ1) is 14.6. The minimum Gasteiger partial charge on any atom is -0.493 e. The summed E-state index contributed by atoms with van der Waals surface area (Å²) in [5.41, 5.74) is 3.41. The van der Waals surface area contributed by atoms with Gasteiger partial charge in [-0.1, -0.05) is 26.3 Å². The van der Waals surface area contributed by atoms with Gasteiger partial charge >= 0.3 is 0 Å². The van der Waals surface area contributed by atoms with Crippen LogP contribution in [0.5, 0.6) is 23.0 Å². The number of hydrogen-bond donors (Lipinski definition) is 0. The first-order valence-electron chi connectivity index (χ1n) is 10.8. The maximum absolute atomic E-state index is 6.54. The monoisotopic (exact) mass is 414 g/mol. The second kappa shape index (κ2) is 10.1. The molecule has 1 heterocycles. The van der Waals surface area contributed by atoms with E-state index < -0.39 is 0 Å². The predicted octanol–water partition coefficient (Wildman–Crippen LogP) is 5.89. The zero-order chi connectivity index (χ0) is 21.7. The molecular weight excluding hydrogens is 380 g/mol. The van der Waals surface area contributed by atoms with E-state index in [4.69, 9.17) is 23.7 Å². The van der Waals surface area contributed by atoms with Crippen molar-refractivity contribution in [1.82, 2.24) is 0 Å². The standard InChI is InChI=1S/C25H34O5/c1-7-9-12-29-24-15-20-19(14-23(24)28-6)18(8-2)16(3)30-25(20)17-10-11-21(26-4)22(13-17)27-5/h10-11,13-16,18,25H,7-9,12H2,1-6H3. The number of unbranched alkanes of at least 4 members (excludes halogenated alkanes) is 1. The first kappa shape index (κ1) is 22.3. The maximum atomic E-state index is 6.54. The fourth-order valence-corrected chi connectivity index (χ4v) is 4.20. The third-order valence-electron chi connectivity index (χ3n) is 5.87. The Morgan fingerprint density at radius 3 is 2.13 bits per heavy atom. The molecule has 1 aliphatic rings. The first-order valence-corrected chi connectivity index (χ1v) is 10.8. The van der Waals surface area contributed by atoms with E-state index in [2.05, 4.69) is 32.9 Å². The van der Waals surface area contributed by atoms with Gasteiger partial charge in [-0.05, 0) is 60.7 Å². The summed E-state index contributed by atoms with van der Waals surface area (Å²) in [4.78, 5) is 0. The molecule has 0 radical (unpaired) electrons. The highest BCUT2D eigenvalue weighted by Gasteiger charge is 2.35. The summed E-state index contributed by atoms with van der Waals surface area (Å²) >= 11 is 0. The second-order valence-electron chi connectivity index (χ2n) is 7.68. The lowest BCUT2D eigenvalue weighted by molar-refractivity contribution is -0.0123. The van der Waals surface area contributed by atoms with Crippen LogP contribution in [0.15, 0.2) is 30.3 Å². The fourth-order valence-electron chi connectivity index (χ4n) is 4.20. The molecule has 0 bridgehead atoms. The highest BCUT2D eigenvalue weighted by molar-refractivity contribution is 5.54. The summed E-state index contributed by atoms with van der Waals surface area (Å²) in [6, 6.07) is 10.2. The van der Waals surface area contributed by atoms with Gasteiger partial charge in [0.2, 0.25) is 0 Å². The Bertz CT molecular complexity index is 848. The maximum Gasteiger partial charge on any atom is 0.161 e. The van der Waals surface area contributed by atoms with Crippen LogP contribution in [0, 0.1) is 0 Å². The van der Waals surface area contributed by atoms with Gasteiger partial charge in [-0.3, -0.25) is 0 Å². The lowest BCUT2D eigenvalue weighted by Crippen LogP contribution is -2.29. The van der Waals surface area contributed by atoms with E-state index in [1.165, 1.54) is 5.56 Å². The topological polar surface area (TPSA) is 46.2 Å². The molecule has 164 valence electrons. The molecule has 2 aromatic rings. The van der Waals surface area contributed by atoms with Crippen molar-refractivity contribution in [2.24, 2.45) is 0 Å². The third kappa shape index (κ3) is 4.36. The molecule has 1 aliphatic heterocycles. The number of methoxy groups -OCH3 is 3. The molecule has 3 rings (SSSR count). The van der Waals surface area contributed by atoms with Gasteiger partial charge in [-0.2, -0.15) is 0 Å². The van der Waals surface area contributed by atoms with E-state index in [-0.39, 0.29) is 12.2 Å². The molecule has 2 aromatic carbocycles. The van der Waals surface area contributed by atoms with Gasteiger partial charge in [-0.25, -0.2) is 0 Å². The van der Waals surface area contributed by atoms with Crippen LogP contribution >= 0.6 is 0 Å². The Kier molecular flexibility index (Phi) is 7.48. The fraction of sp³-hybridized carbons (Fsp3) is 0.520. The van der Waals surface area contributed by atoms with Crippen LogP contribution in [-0.4, -0.2) is 34.0 Å². The van der Waals surface area contributed by atoms with Crippen LogP contribution in [0.2, 0.25) is 0 Å².